The van der Waals surface area contributed by atoms with E-state index in [-0.39, 0.29) is 11.8 Å². The van der Waals surface area contributed by atoms with Crippen molar-refractivity contribution in [2.45, 2.75) is 19.3 Å². The van der Waals surface area contributed by atoms with Gasteiger partial charge in [0.1, 0.15) is 12.1 Å². The van der Waals surface area contributed by atoms with Crippen LogP contribution in [0.15, 0.2) is 37.1 Å². The summed E-state index contributed by atoms with van der Waals surface area (Å²) in [5.41, 5.74) is 0.622. The van der Waals surface area contributed by atoms with Crippen molar-refractivity contribution in [2.75, 3.05) is 45.8 Å². The first-order chi connectivity index (χ1) is 13.7. The van der Waals surface area contributed by atoms with Gasteiger partial charge in [0.15, 0.2) is 0 Å². The van der Waals surface area contributed by atoms with Crippen LogP contribution in [-0.2, 0) is 4.79 Å². The number of rotatable bonds is 4. The Labute approximate surface area is 164 Å². The molecule has 0 N–H and O–H groups in total. The minimum atomic E-state index is 0.00534. The molecular formula is C20H26N6O2. The van der Waals surface area contributed by atoms with E-state index < -0.39 is 0 Å². The zero-order valence-corrected chi connectivity index (χ0v) is 16.0. The summed E-state index contributed by atoms with van der Waals surface area (Å²) in [5.74, 6) is 0.901. The molecule has 0 aliphatic carbocycles. The number of piperazine rings is 1. The second-order valence-electron chi connectivity index (χ2n) is 7.38. The van der Waals surface area contributed by atoms with Crippen LogP contribution in [0.5, 0.6) is 0 Å². The van der Waals surface area contributed by atoms with E-state index >= 15 is 0 Å². The maximum atomic E-state index is 12.9. The molecule has 148 valence electrons. The minimum absolute atomic E-state index is 0.00534. The van der Waals surface area contributed by atoms with E-state index in [0.717, 1.165) is 39.0 Å². The predicted molar refractivity (Wildman–Crippen MR) is 104 cm³/mol. The van der Waals surface area contributed by atoms with Crippen LogP contribution in [0, 0.1) is 0 Å². The Morgan fingerprint density at radius 1 is 0.929 bits per heavy atom. The van der Waals surface area contributed by atoms with Gasteiger partial charge in [-0.25, -0.2) is 9.97 Å². The van der Waals surface area contributed by atoms with Gasteiger partial charge in [-0.2, -0.15) is 0 Å². The highest BCUT2D eigenvalue weighted by molar-refractivity contribution is 5.94. The van der Waals surface area contributed by atoms with Gasteiger partial charge < -0.3 is 9.80 Å². The van der Waals surface area contributed by atoms with Gasteiger partial charge in [-0.1, -0.05) is 0 Å². The Kier molecular flexibility index (Phi) is 5.66. The summed E-state index contributed by atoms with van der Waals surface area (Å²) in [5, 5.41) is 0. The third kappa shape index (κ3) is 4.22. The van der Waals surface area contributed by atoms with Gasteiger partial charge in [0, 0.05) is 63.4 Å². The number of amides is 2. The molecule has 2 aliphatic heterocycles. The number of hydrogen-bond acceptors (Lipinski definition) is 5. The van der Waals surface area contributed by atoms with Crippen LogP contribution in [0.25, 0.3) is 5.82 Å². The van der Waals surface area contributed by atoms with Crippen LogP contribution in [0.2, 0.25) is 0 Å². The minimum Gasteiger partial charge on any atom is -0.342 e. The normalized spacial score (nSPS) is 18.3. The maximum absolute atomic E-state index is 12.9. The molecule has 8 heteroatoms. The Hall–Kier alpha value is -2.74. The summed E-state index contributed by atoms with van der Waals surface area (Å²) in [7, 11) is 0. The predicted octanol–water partition coefficient (Wildman–Crippen LogP) is 1.04. The van der Waals surface area contributed by atoms with Crippen molar-refractivity contribution in [2.24, 2.45) is 0 Å². The number of piperidine rings is 1. The van der Waals surface area contributed by atoms with Crippen LogP contribution < -0.4 is 0 Å². The number of imidazole rings is 1. The van der Waals surface area contributed by atoms with E-state index in [1.54, 1.807) is 41.6 Å². The van der Waals surface area contributed by atoms with Crippen LogP contribution in [-0.4, -0.2) is 86.9 Å². The lowest BCUT2D eigenvalue weighted by Crippen LogP contribution is -2.52. The van der Waals surface area contributed by atoms with Crippen LogP contribution in [0.4, 0.5) is 0 Å². The van der Waals surface area contributed by atoms with Gasteiger partial charge in [0.2, 0.25) is 5.91 Å². The number of carbonyl (C=O) groups is 2. The molecule has 4 rings (SSSR count). The molecule has 0 spiro atoms. The van der Waals surface area contributed by atoms with Crippen molar-refractivity contribution < 1.29 is 9.59 Å². The maximum Gasteiger partial charge on any atom is 0.254 e. The molecule has 0 atom stereocenters. The Morgan fingerprint density at radius 2 is 1.71 bits per heavy atom. The van der Waals surface area contributed by atoms with Gasteiger partial charge in [-0.15, -0.1) is 0 Å². The Balaban J connectivity index is 1.32. The molecule has 2 aliphatic rings. The number of likely N-dealkylation sites (tertiary alicyclic amines) is 1. The molecule has 0 bridgehead atoms. The molecule has 0 radical (unpaired) electrons. The number of nitrogens with zero attached hydrogens (tertiary/aromatic N) is 6. The van der Waals surface area contributed by atoms with E-state index in [1.807, 2.05) is 9.80 Å². The molecule has 28 heavy (non-hydrogen) atoms. The molecule has 8 nitrogen and oxygen atoms in total. The van der Waals surface area contributed by atoms with Gasteiger partial charge >= 0.3 is 0 Å². The third-order valence-electron chi connectivity index (χ3n) is 5.49. The first-order valence-corrected chi connectivity index (χ1v) is 9.94. The van der Waals surface area contributed by atoms with Crippen molar-refractivity contribution in [1.29, 1.82) is 0 Å². The van der Waals surface area contributed by atoms with Crippen molar-refractivity contribution in [3.05, 3.63) is 42.6 Å². The Morgan fingerprint density at radius 3 is 2.43 bits per heavy atom. The molecule has 2 aromatic rings. The average molecular weight is 382 g/mol. The first kappa shape index (κ1) is 18.6. The summed E-state index contributed by atoms with van der Waals surface area (Å²) < 4.78 is 1.78. The number of hydrogen-bond donors (Lipinski definition) is 0. The van der Waals surface area contributed by atoms with Crippen LogP contribution in [0.1, 0.15) is 29.6 Å². The fourth-order valence-electron chi connectivity index (χ4n) is 3.81. The van der Waals surface area contributed by atoms with E-state index in [1.165, 1.54) is 6.42 Å². The largest absolute Gasteiger partial charge is 0.342 e. The lowest BCUT2D eigenvalue weighted by atomic mass is 10.1. The summed E-state index contributed by atoms with van der Waals surface area (Å²) in [6.07, 6.45) is 10.2. The van der Waals surface area contributed by atoms with Crippen molar-refractivity contribution in [3.63, 3.8) is 0 Å². The Bertz CT molecular complexity index is 808. The summed E-state index contributed by atoms with van der Waals surface area (Å²) >= 11 is 0. The average Bonchev–Trinajstić information content (AvgIpc) is 3.29. The molecule has 2 amide bonds. The molecule has 0 saturated carbocycles. The number of aromatic nitrogens is 3. The lowest BCUT2D eigenvalue weighted by Gasteiger charge is -2.36. The van der Waals surface area contributed by atoms with Crippen LogP contribution >= 0.6 is 0 Å². The standard InChI is InChI=1S/C20H26N6O2/c27-19(24-7-2-1-3-8-24)15-23-10-12-25(13-11-23)20(28)17-4-5-22-18(14-17)26-9-6-21-16-26/h4-6,9,14,16H,1-3,7-8,10-13,15H2. The third-order valence-corrected chi connectivity index (χ3v) is 5.49. The summed E-state index contributed by atoms with van der Waals surface area (Å²) in [4.78, 5) is 39.6. The van der Waals surface area contributed by atoms with Gasteiger partial charge in [0.05, 0.1) is 6.54 Å². The second-order valence-corrected chi connectivity index (χ2v) is 7.38. The van der Waals surface area contributed by atoms with Crippen molar-refractivity contribution in [1.82, 2.24) is 29.2 Å². The zero-order valence-electron chi connectivity index (χ0n) is 16.0. The molecule has 2 fully saturated rings. The van der Waals surface area contributed by atoms with Gasteiger partial charge in [0.25, 0.3) is 5.91 Å². The van der Waals surface area contributed by atoms with Crippen molar-refractivity contribution >= 4 is 11.8 Å². The molecule has 0 aromatic carbocycles. The highest BCUT2D eigenvalue weighted by atomic mass is 16.2. The van der Waals surface area contributed by atoms with Crippen LogP contribution in [0.3, 0.4) is 0 Å². The first-order valence-electron chi connectivity index (χ1n) is 9.94. The smallest absolute Gasteiger partial charge is 0.254 e. The summed E-state index contributed by atoms with van der Waals surface area (Å²) in [6.45, 7) is 4.96. The fourth-order valence-corrected chi connectivity index (χ4v) is 3.81. The van der Waals surface area contributed by atoms with E-state index in [2.05, 4.69) is 14.9 Å². The van der Waals surface area contributed by atoms with Gasteiger partial charge in [-0.3, -0.25) is 19.1 Å². The highest BCUT2D eigenvalue weighted by Crippen LogP contribution is 2.13. The SMILES string of the molecule is O=C(CN1CCN(C(=O)c2ccnc(-n3ccnc3)c2)CC1)N1CCCCC1. The second kappa shape index (κ2) is 8.52. The fraction of sp³-hybridized carbons (Fsp3) is 0.500. The van der Waals surface area contributed by atoms with E-state index in [9.17, 15) is 9.59 Å². The van der Waals surface area contributed by atoms with Crippen molar-refractivity contribution in [3.8, 4) is 5.82 Å². The highest BCUT2D eigenvalue weighted by Gasteiger charge is 2.25. The lowest BCUT2D eigenvalue weighted by molar-refractivity contribution is -0.133. The quantitative estimate of drug-likeness (QED) is 0.790. The topological polar surface area (TPSA) is 74.6 Å². The molecule has 2 saturated heterocycles. The number of pyridine rings is 1. The molecule has 4 heterocycles. The van der Waals surface area contributed by atoms with Gasteiger partial charge in [-0.05, 0) is 31.4 Å². The number of carbonyl (C=O) groups excluding carboxylic acids is 2. The zero-order chi connectivity index (χ0) is 19.3. The molecule has 0 unspecified atom stereocenters. The monoisotopic (exact) mass is 382 g/mol. The molecule has 2 aromatic heterocycles. The van der Waals surface area contributed by atoms with E-state index in [4.69, 9.17) is 0 Å². The van der Waals surface area contributed by atoms with E-state index in [0.29, 0.717) is 31.0 Å². The molecular weight excluding hydrogens is 356 g/mol. The summed E-state index contributed by atoms with van der Waals surface area (Å²) in [6, 6.07) is 3.53.